The Bertz CT molecular complexity index is 670. The third kappa shape index (κ3) is 2.19. The van der Waals surface area contributed by atoms with Gasteiger partial charge in [-0.3, -0.25) is 4.40 Å². The van der Waals surface area contributed by atoms with Crippen molar-refractivity contribution in [3.8, 4) is 11.3 Å². The van der Waals surface area contributed by atoms with Gasteiger partial charge in [-0.05, 0) is 12.0 Å². The molecule has 0 aliphatic carbocycles. The topological polar surface area (TPSA) is 55.4 Å². The molecule has 0 saturated heterocycles. The van der Waals surface area contributed by atoms with Crippen LogP contribution in [-0.4, -0.2) is 20.9 Å². The average molecular weight is 256 g/mol. The number of rotatable bonds is 4. The van der Waals surface area contributed by atoms with Crippen LogP contribution in [0.4, 0.5) is 5.82 Å². The Morgan fingerprint density at radius 2 is 2.26 bits per heavy atom. The van der Waals surface area contributed by atoms with E-state index < -0.39 is 0 Å². The van der Waals surface area contributed by atoms with Gasteiger partial charge in [-0.25, -0.2) is 9.97 Å². The highest BCUT2D eigenvalue weighted by molar-refractivity contribution is 5.69. The molecule has 3 rings (SSSR count). The zero-order chi connectivity index (χ0) is 13.2. The molecular formula is C14H16N4O. The van der Waals surface area contributed by atoms with Crippen molar-refractivity contribution in [2.24, 2.45) is 5.92 Å². The quantitative estimate of drug-likeness (QED) is 0.779. The lowest BCUT2D eigenvalue weighted by Gasteiger charge is -2.09. The molecule has 0 spiro atoms. The van der Waals surface area contributed by atoms with E-state index in [2.05, 4.69) is 29.1 Å². The molecule has 3 heterocycles. The number of hydrogen-bond donors (Lipinski definition) is 1. The molecule has 5 nitrogen and oxygen atoms in total. The molecule has 1 N–H and O–H groups in total. The first-order valence-electron chi connectivity index (χ1n) is 6.34. The van der Waals surface area contributed by atoms with Gasteiger partial charge in [0.05, 0.1) is 24.4 Å². The lowest BCUT2D eigenvalue weighted by atomic mass is 10.2. The molecule has 3 aromatic rings. The summed E-state index contributed by atoms with van der Waals surface area (Å²) in [5.41, 5.74) is 2.84. The molecule has 0 radical (unpaired) electrons. The lowest BCUT2D eigenvalue weighted by Crippen LogP contribution is -2.10. The molecule has 3 aromatic heterocycles. The van der Waals surface area contributed by atoms with Crippen molar-refractivity contribution >= 4 is 11.5 Å². The molecule has 5 heteroatoms. The van der Waals surface area contributed by atoms with E-state index in [1.165, 1.54) is 0 Å². The Morgan fingerprint density at radius 3 is 3.00 bits per heavy atom. The van der Waals surface area contributed by atoms with Gasteiger partial charge in [-0.15, -0.1) is 0 Å². The highest BCUT2D eigenvalue weighted by atomic mass is 16.3. The number of nitrogens with one attached hydrogen (secondary N) is 1. The average Bonchev–Trinajstić information content (AvgIpc) is 3.04. The van der Waals surface area contributed by atoms with Gasteiger partial charge in [-0.2, -0.15) is 0 Å². The second-order valence-electron chi connectivity index (χ2n) is 4.90. The van der Waals surface area contributed by atoms with Gasteiger partial charge in [0.15, 0.2) is 11.5 Å². The smallest absolute Gasteiger partial charge is 0.180 e. The minimum atomic E-state index is 0.561. The van der Waals surface area contributed by atoms with Gasteiger partial charge in [0, 0.05) is 24.5 Å². The molecule has 0 atom stereocenters. The van der Waals surface area contributed by atoms with Gasteiger partial charge in [0.1, 0.15) is 0 Å². The summed E-state index contributed by atoms with van der Waals surface area (Å²) in [6.45, 7) is 5.20. The molecule has 0 saturated carbocycles. The summed E-state index contributed by atoms with van der Waals surface area (Å²) in [5.74, 6) is 1.37. The summed E-state index contributed by atoms with van der Waals surface area (Å²) in [5, 5.41) is 3.33. The van der Waals surface area contributed by atoms with Crippen LogP contribution in [0.15, 0.2) is 41.6 Å². The highest BCUT2D eigenvalue weighted by Crippen LogP contribution is 2.23. The Kier molecular flexibility index (Phi) is 2.95. The first-order chi connectivity index (χ1) is 9.25. The van der Waals surface area contributed by atoms with E-state index in [0.29, 0.717) is 5.92 Å². The molecule has 0 bridgehead atoms. The molecule has 0 fully saturated rings. The van der Waals surface area contributed by atoms with Crippen molar-refractivity contribution in [1.29, 1.82) is 0 Å². The standard InChI is InChI=1S/C14H16N4O/c1-10(2)7-16-13-14-17-8-12(11-3-6-19-9-11)18(14)5-4-15-13/h3-6,8-10H,7H2,1-2H3,(H,15,16). The van der Waals surface area contributed by atoms with Crippen molar-refractivity contribution in [2.75, 3.05) is 11.9 Å². The van der Waals surface area contributed by atoms with Gasteiger partial charge in [-0.1, -0.05) is 13.8 Å². The van der Waals surface area contributed by atoms with E-state index in [1.54, 1.807) is 18.7 Å². The summed E-state index contributed by atoms with van der Waals surface area (Å²) in [6, 6.07) is 1.92. The zero-order valence-corrected chi connectivity index (χ0v) is 11.0. The third-order valence-corrected chi connectivity index (χ3v) is 2.92. The predicted octanol–water partition coefficient (Wildman–Crippen LogP) is 3.06. The lowest BCUT2D eigenvalue weighted by molar-refractivity contribution is 0.568. The first kappa shape index (κ1) is 11.8. The Hall–Kier alpha value is -2.30. The van der Waals surface area contributed by atoms with Crippen LogP contribution in [0.2, 0.25) is 0 Å². The van der Waals surface area contributed by atoms with Crippen molar-refractivity contribution < 1.29 is 4.42 Å². The van der Waals surface area contributed by atoms with Gasteiger partial charge in [0.2, 0.25) is 0 Å². The van der Waals surface area contributed by atoms with E-state index >= 15 is 0 Å². The molecule has 0 aromatic carbocycles. The molecule has 0 amide bonds. The molecule has 0 aliphatic heterocycles. The second kappa shape index (κ2) is 4.76. The van der Waals surface area contributed by atoms with Crippen LogP contribution >= 0.6 is 0 Å². The summed E-state index contributed by atoms with van der Waals surface area (Å²) in [6.07, 6.45) is 8.90. The van der Waals surface area contributed by atoms with Crippen LogP contribution in [0.1, 0.15) is 13.8 Å². The summed E-state index contributed by atoms with van der Waals surface area (Å²) >= 11 is 0. The minimum absolute atomic E-state index is 0.561. The summed E-state index contributed by atoms with van der Waals surface area (Å²) < 4.78 is 7.14. The van der Waals surface area contributed by atoms with Crippen molar-refractivity contribution in [1.82, 2.24) is 14.4 Å². The summed E-state index contributed by atoms with van der Waals surface area (Å²) in [7, 11) is 0. The summed E-state index contributed by atoms with van der Waals surface area (Å²) in [4.78, 5) is 8.80. The van der Waals surface area contributed by atoms with Gasteiger partial charge >= 0.3 is 0 Å². The first-order valence-corrected chi connectivity index (χ1v) is 6.34. The number of imidazole rings is 1. The van der Waals surface area contributed by atoms with Crippen LogP contribution in [0.25, 0.3) is 16.9 Å². The number of fused-ring (bicyclic) bond motifs is 1. The van der Waals surface area contributed by atoms with Crippen LogP contribution in [0.3, 0.4) is 0 Å². The van der Waals surface area contributed by atoms with Gasteiger partial charge < -0.3 is 9.73 Å². The minimum Gasteiger partial charge on any atom is -0.472 e. The Balaban J connectivity index is 2.03. The molecule has 98 valence electrons. The predicted molar refractivity (Wildman–Crippen MR) is 74.0 cm³/mol. The van der Waals surface area contributed by atoms with Crippen LogP contribution < -0.4 is 5.32 Å². The monoisotopic (exact) mass is 256 g/mol. The van der Waals surface area contributed by atoms with Crippen LogP contribution in [0, 0.1) is 5.92 Å². The number of furan rings is 1. The number of nitrogens with zero attached hydrogens (tertiary/aromatic N) is 3. The van der Waals surface area contributed by atoms with Crippen LogP contribution in [-0.2, 0) is 0 Å². The normalized spacial score (nSPS) is 11.3. The largest absolute Gasteiger partial charge is 0.472 e. The van der Waals surface area contributed by atoms with Crippen molar-refractivity contribution in [2.45, 2.75) is 13.8 Å². The van der Waals surface area contributed by atoms with Crippen molar-refractivity contribution in [3.63, 3.8) is 0 Å². The van der Waals surface area contributed by atoms with E-state index in [9.17, 15) is 0 Å². The van der Waals surface area contributed by atoms with Crippen molar-refractivity contribution in [3.05, 3.63) is 37.2 Å². The van der Waals surface area contributed by atoms with E-state index in [0.717, 1.165) is 29.3 Å². The maximum atomic E-state index is 5.12. The Labute approximate surface area is 111 Å². The van der Waals surface area contributed by atoms with E-state index in [4.69, 9.17) is 4.42 Å². The van der Waals surface area contributed by atoms with E-state index in [-0.39, 0.29) is 0 Å². The fraction of sp³-hybridized carbons (Fsp3) is 0.286. The maximum absolute atomic E-state index is 5.12. The molecular weight excluding hydrogens is 240 g/mol. The zero-order valence-electron chi connectivity index (χ0n) is 11.0. The Morgan fingerprint density at radius 1 is 1.37 bits per heavy atom. The SMILES string of the molecule is CC(C)CNc1nccn2c(-c3ccoc3)cnc12. The molecule has 0 aliphatic rings. The molecule has 0 unspecified atom stereocenters. The molecule has 19 heavy (non-hydrogen) atoms. The maximum Gasteiger partial charge on any atom is 0.180 e. The third-order valence-electron chi connectivity index (χ3n) is 2.92. The van der Waals surface area contributed by atoms with Gasteiger partial charge in [0.25, 0.3) is 0 Å². The van der Waals surface area contributed by atoms with Crippen LogP contribution in [0.5, 0.6) is 0 Å². The fourth-order valence-electron chi connectivity index (χ4n) is 1.97. The van der Waals surface area contributed by atoms with E-state index in [1.807, 2.05) is 22.9 Å². The second-order valence-corrected chi connectivity index (χ2v) is 4.90. The fourth-order valence-corrected chi connectivity index (χ4v) is 1.97. The highest BCUT2D eigenvalue weighted by Gasteiger charge is 2.10. The number of anilines is 1. The number of hydrogen-bond acceptors (Lipinski definition) is 4. The number of aromatic nitrogens is 3.